The second-order valence-electron chi connectivity index (χ2n) is 9.63. The molecule has 1 saturated carbocycles. The topological polar surface area (TPSA) is 75.4 Å². The van der Waals surface area contributed by atoms with Gasteiger partial charge in [0.25, 0.3) is 0 Å². The Bertz CT molecular complexity index is 713. The van der Waals surface area contributed by atoms with Crippen LogP contribution < -0.4 is 5.32 Å². The summed E-state index contributed by atoms with van der Waals surface area (Å²) >= 11 is 0. The number of aromatic nitrogens is 1. The summed E-state index contributed by atoms with van der Waals surface area (Å²) in [6.07, 6.45) is 3.59. The van der Waals surface area contributed by atoms with Crippen LogP contribution in [0.3, 0.4) is 0 Å². The number of piperidine rings is 1. The van der Waals surface area contributed by atoms with Crippen molar-refractivity contribution in [1.82, 2.24) is 10.1 Å². The van der Waals surface area contributed by atoms with Gasteiger partial charge in [0.1, 0.15) is 11.4 Å². The Labute approximate surface area is 166 Å². The summed E-state index contributed by atoms with van der Waals surface area (Å²) in [4.78, 5) is 27.3. The van der Waals surface area contributed by atoms with E-state index < -0.39 is 5.67 Å². The van der Waals surface area contributed by atoms with Crippen LogP contribution in [0, 0.1) is 11.8 Å². The number of rotatable bonds is 3. The summed E-state index contributed by atoms with van der Waals surface area (Å²) in [6, 6.07) is 1.75. The SMILES string of the molecule is CC1(F)CCC(C(=O)N2CCC[C@@H](C(=O)Nc3cc(C(C)(C)C)on3)C2)CC1. The second kappa shape index (κ2) is 7.84. The number of hydrogen-bond acceptors (Lipinski definition) is 4. The van der Waals surface area contributed by atoms with E-state index in [-0.39, 0.29) is 29.1 Å². The molecule has 0 bridgehead atoms. The fourth-order valence-corrected chi connectivity index (χ4v) is 4.03. The third kappa shape index (κ3) is 4.92. The number of likely N-dealkylation sites (tertiary alicyclic amines) is 1. The minimum atomic E-state index is -1.15. The normalized spacial score (nSPS) is 28.8. The van der Waals surface area contributed by atoms with Crippen LogP contribution in [-0.2, 0) is 15.0 Å². The van der Waals surface area contributed by atoms with E-state index in [4.69, 9.17) is 4.52 Å². The molecule has 2 amide bonds. The molecule has 156 valence electrons. The lowest BCUT2D eigenvalue weighted by molar-refractivity contribution is -0.140. The van der Waals surface area contributed by atoms with E-state index in [1.807, 2.05) is 20.8 Å². The lowest BCUT2D eigenvalue weighted by Crippen LogP contribution is -2.47. The molecule has 1 aliphatic carbocycles. The summed E-state index contributed by atoms with van der Waals surface area (Å²) in [5.74, 6) is 0.682. The summed E-state index contributed by atoms with van der Waals surface area (Å²) in [7, 11) is 0. The van der Waals surface area contributed by atoms with Crippen molar-refractivity contribution in [2.75, 3.05) is 18.4 Å². The number of halogens is 1. The molecule has 3 rings (SSSR count). The second-order valence-corrected chi connectivity index (χ2v) is 9.63. The van der Waals surface area contributed by atoms with E-state index in [0.29, 0.717) is 50.4 Å². The number of nitrogens with zero attached hydrogens (tertiary/aromatic N) is 2. The van der Waals surface area contributed by atoms with Crippen molar-refractivity contribution in [3.63, 3.8) is 0 Å². The quantitative estimate of drug-likeness (QED) is 0.840. The van der Waals surface area contributed by atoms with Gasteiger partial charge in [-0.2, -0.15) is 0 Å². The molecule has 28 heavy (non-hydrogen) atoms. The van der Waals surface area contributed by atoms with E-state index in [9.17, 15) is 14.0 Å². The van der Waals surface area contributed by atoms with Gasteiger partial charge in [-0.3, -0.25) is 9.59 Å². The third-order valence-corrected chi connectivity index (χ3v) is 5.98. The molecule has 1 aliphatic heterocycles. The highest BCUT2D eigenvalue weighted by Crippen LogP contribution is 2.36. The van der Waals surface area contributed by atoms with Crippen molar-refractivity contribution >= 4 is 17.6 Å². The van der Waals surface area contributed by atoms with Gasteiger partial charge in [-0.1, -0.05) is 25.9 Å². The molecule has 1 atom stereocenters. The minimum Gasteiger partial charge on any atom is -0.359 e. The number of alkyl halides is 1. The van der Waals surface area contributed by atoms with Crippen LogP contribution in [0.15, 0.2) is 10.6 Å². The van der Waals surface area contributed by atoms with Crippen LogP contribution in [-0.4, -0.2) is 40.6 Å². The van der Waals surface area contributed by atoms with Crippen LogP contribution in [0.4, 0.5) is 10.2 Å². The molecule has 2 aliphatic rings. The molecule has 0 spiro atoms. The number of anilines is 1. The molecule has 2 fully saturated rings. The molecule has 0 radical (unpaired) electrons. The van der Waals surface area contributed by atoms with Crippen molar-refractivity contribution < 1.29 is 18.5 Å². The Kier molecular flexibility index (Phi) is 5.82. The smallest absolute Gasteiger partial charge is 0.230 e. The first-order valence-electron chi connectivity index (χ1n) is 10.3. The van der Waals surface area contributed by atoms with Crippen molar-refractivity contribution in [2.24, 2.45) is 11.8 Å². The zero-order valence-corrected chi connectivity index (χ0v) is 17.4. The van der Waals surface area contributed by atoms with E-state index in [1.165, 1.54) is 0 Å². The largest absolute Gasteiger partial charge is 0.359 e. The Morgan fingerprint density at radius 1 is 1.25 bits per heavy atom. The Morgan fingerprint density at radius 3 is 2.54 bits per heavy atom. The zero-order valence-electron chi connectivity index (χ0n) is 17.4. The highest BCUT2D eigenvalue weighted by atomic mass is 19.1. The molecule has 2 heterocycles. The van der Waals surface area contributed by atoms with E-state index >= 15 is 0 Å². The number of hydrogen-bond donors (Lipinski definition) is 1. The van der Waals surface area contributed by atoms with Crippen LogP contribution >= 0.6 is 0 Å². The van der Waals surface area contributed by atoms with Crippen LogP contribution in [0.2, 0.25) is 0 Å². The Hall–Kier alpha value is -1.92. The molecular formula is C21H32FN3O3. The standard InChI is InChI=1S/C21H32FN3O3/c1-20(2,3)16-12-17(24-28-16)23-18(26)15-6-5-11-25(13-15)19(27)14-7-9-21(4,22)10-8-14/h12,14-15H,5-11,13H2,1-4H3,(H,23,24,26)/t14?,15-,21?/m1/s1. The molecule has 0 aromatic carbocycles. The summed E-state index contributed by atoms with van der Waals surface area (Å²) in [5, 5.41) is 6.76. The van der Waals surface area contributed by atoms with Gasteiger partial charge in [-0.05, 0) is 45.4 Å². The fourth-order valence-electron chi connectivity index (χ4n) is 4.03. The number of amides is 2. The van der Waals surface area contributed by atoms with Gasteiger partial charge in [0.15, 0.2) is 5.82 Å². The molecule has 7 heteroatoms. The minimum absolute atomic E-state index is 0.0736. The monoisotopic (exact) mass is 393 g/mol. The Morgan fingerprint density at radius 2 is 1.93 bits per heavy atom. The first-order valence-corrected chi connectivity index (χ1v) is 10.3. The van der Waals surface area contributed by atoms with Gasteiger partial charge in [-0.15, -0.1) is 0 Å². The Balaban J connectivity index is 1.56. The van der Waals surface area contributed by atoms with Crippen LogP contribution in [0.1, 0.15) is 72.0 Å². The number of carbonyl (C=O) groups is 2. The average molecular weight is 394 g/mol. The molecular weight excluding hydrogens is 361 g/mol. The number of nitrogens with one attached hydrogen (secondary N) is 1. The number of carbonyl (C=O) groups excluding carboxylic acids is 2. The van der Waals surface area contributed by atoms with Crippen molar-refractivity contribution in [1.29, 1.82) is 0 Å². The van der Waals surface area contributed by atoms with Crippen molar-refractivity contribution in [2.45, 2.75) is 77.3 Å². The van der Waals surface area contributed by atoms with Gasteiger partial charge < -0.3 is 14.7 Å². The van der Waals surface area contributed by atoms with Crippen molar-refractivity contribution in [3.05, 3.63) is 11.8 Å². The highest BCUT2D eigenvalue weighted by molar-refractivity contribution is 5.92. The van der Waals surface area contributed by atoms with Crippen LogP contribution in [0.25, 0.3) is 0 Å². The van der Waals surface area contributed by atoms with Gasteiger partial charge in [0.05, 0.1) is 5.92 Å². The molecule has 1 aromatic rings. The lowest BCUT2D eigenvalue weighted by Gasteiger charge is -2.37. The van der Waals surface area contributed by atoms with Gasteiger partial charge in [0.2, 0.25) is 11.8 Å². The lowest BCUT2D eigenvalue weighted by atomic mass is 9.80. The maximum atomic E-state index is 14.0. The molecule has 1 saturated heterocycles. The molecule has 0 unspecified atom stereocenters. The summed E-state index contributed by atoms with van der Waals surface area (Å²) in [6.45, 7) is 8.74. The molecule has 6 nitrogen and oxygen atoms in total. The maximum Gasteiger partial charge on any atom is 0.230 e. The third-order valence-electron chi connectivity index (χ3n) is 5.98. The predicted octanol–water partition coefficient (Wildman–Crippen LogP) is 4.07. The first-order chi connectivity index (χ1) is 13.0. The van der Waals surface area contributed by atoms with Gasteiger partial charge in [-0.25, -0.2) is 4.39 Å². The van der Waals surface area contributed by atoms with E-state index in [1.54, 1.807) is 17.9 Å². The summed E-state index contributed by atoms with van der Waals surface area (Å²) in [5.41, 5.74) is -1.33. The summed E-state index contributed by atoms with van der Waals surface area (Å²) < 4.78 is 19.3. The highest BCUT2D eigenvalue weighted by Gasteiger charge is 2.37. The van der Waals surface area contributed by atoms with Gasteiger partial charge in [0, 0.05) is 30.5 Å². The average Bonchev–Trinajstić information content (AvgIpc) is 3.10. The molecule has 1 aromatic heterocycles. The van der Waals surface area contributed by atoms with Crippen LogP contribution in [0.5, 0.6) is 0 Å². The maximum absolute atomic E-state index is 14.0. The van der Waals surface area contributed by atoms with E-state index in [0.717, 1.165) is 12.8 Å². The van der Waals surface area contributed by atoms with Crippen molar-refractivity contribution in [3.8, 4) is 0 Å². The molecule has 1 N–H and O–H groups in total. The predicted molar refractivity (Wildman–Crippen MR) is 105 cm³/mol. The van der Waals surface area contributed by atoms with Gasteiger partial charge >= 0.3 is 0 Å². The van der Waals surface area contributed by atoms with E-state index in [2.05, 4.69) is 10.5 Å². The fraction of sp³-hybridized carbons (Fsp3) is 0.762. The zero-order chi connectivity index (χ0) is 20.5. The first kappa shape index (κ1) is 20.8.